The minimum Gasteiger partial charge on any atom is -0.370 e. The van der Waals surface area contributed by atoms with Crippen molar-refractivity contribution >= 4 is 5.82 Å². The van der Waals surface area contributed by atoms with Gasteiger partial charge < -0.3 is 5.32 Å². The highest BCUT2D eigenvalue weighted by molar-refractivity contribution is 5.42. The number of pyridine rings is 1. The van der Waals surface area contributed by atoms with Crippen LogP contribution < -0.4 is 5.32 Å². The molecule has 0 amide bonds. The first-order chi connectivity index (χ1) is 6.86. The van der Waals surface area contributed by atoms with Gasteiger partial charge in [-0.3, -0.25) is 0 Å². The molecule has 3 heteroatoms. The van der Waals surface area contributed by atoms with Gasteiger partial charge in [0.2, 0.25) is 0 Å². The summed E-state index contributed by atoms with van der Waals surface area (Å²) in [5.41, 5.74) is 0.633. The Morgan fingerprint density at radius 1 is 1.64 bits per heavy atom. The summed E-state index contributed by atoms with van der Waals surface area (Å²) in [5.74, 6) is 0.758. The number of rotatable bonds is 4. The van der Waals surface area contributed by atoms with Gasteiger partial charge in [-0.1, -0.05) is 12.2 Å². The molecule has 0 saturated carbocycles. The smallest absolute Gasteiger partial charge is 0.127 e. The average Bonchev–Trinajstić information content (AvgIpc) is 2.25. The van der Waals surface area contributed by atoms with E-state index in [4.69, 9.17) is 5.26 Å². The Labute approximate surface area is 84.1 Å². The number of aromatic nitrogens is 1. The largest absolute Gasteiger partial charge is 0.370 e. The number of nitrogens with zero attached hydrogens (tertiary/aromatic N) is 2. The Hall–Kier alpha value is -1.82. The van der Waals surface area contributed by atoms with Gasteiger partial charge in [0.15, 0.2) is 0 Å². The van der Waals surface area contributed by atoms with E-state index < -0.39 is 0 Å². The summed E-state index contributed by atoms with van der Waals surface area (Å²) in [7, 11) is 0. The molecular weight excluding hydrogens is 174 g/mol. The Morgan fingerprint density at radius 2 is 2.50 bits per heavy atom. The summed E-state index contributed by atoms with van der Waals surface area (Å²) >= 11 is 0. The van der Waals surface area contributed by atoms with Gasteiger partial charge in [0.1, 0.15) is 5.82 Å². The highest BCUT2D eigenvalue weighted by Crippen LogP contribution is 2.05. The van der Waals surface area contributed by atoms with Crippen LogP contribution in [0.4, 0.5) is 5.82 Å². The Kier molecular flexibility index (Phi) is 4.22. The van der Waals surface area contributed by atoms with Crippen molar-refractivity contribution in [3.8, 4) is 6.07 Å². The molecule has 0 fully saturated rings. The van der Waals surface area contributed by atoms with Crippen molar-refractivity contribution < 1.29 is 0 Å². The summed E-state index contributed by atoms with van der Waals surface area (Å²) in [6.45, 7) is 2.83. The molecule has 0 radical (unpaired) electrons. The van der Waals surface area contributed by atoms with E-state index in [0.29, 0.717) is 5.56 Å². The Bertz CT molecular complexity index is 350. The highest BCUT2D eigenvalue weighted by atomic mass is 15.0. The maximum Gasteiger partial charge on any atom is 0.127 e. The molecule has 0 aliphatic rings. The van der Waals surface area contributed by atoms with Crippen LogP contribution >= 0.6 is 0 Å². The first-order valence-electron chi connectivity index (χ1n) is 4.58. The van der Waals surface area contributed by atoms with Crippen LogP contribution in [0.3, 0.4) is 0 Å². The van der Waals surface area contributed by atoms with Gasteiger partial charge >= 0.3 is 0 Å². The molecule has 1 rings (SSSR count). The maximum atomic E-state index is 8.65. The third-order valence-corrected chi connectivity index (χ3v) is 1.74. The van der Waals surface area contributed by atoms with Crippen LogP contribution in [0.15, 0.2) is 30.5 Å². The van der Waals surface area contributed by atoms with Gasteiger partial charge in [0.05, 0.1) is 11.6 Å². The van der Waals surface area contributed by atoms with E-state index in [-0.39, 0.29) is 0 Å². The molecule has 0 aromatic carbocycles. The van der Waals surface area contributed by atoms with Crippen LogP contribution in [0, 0.1) is 11.3 Å². The van der Waals surface area contributed by atoms with E-state index in [1.165, 1.54) is 0 Å². The van der Waals surface area contributed by atoms with Crippen LogP contribution in [0.25, 0.3) is 0 Å². The standard InChI is InChI=1S/C11H13N3/c1-2-3-4-6-13-11-8-10(9-12)5-7-14-11/h2-3,5,7-8H,4,6H2,1H3,(H,13,14)/b3-2+. The molecule has 72 valence electrons. The van der Waals surface area contributed by atoms with Crippen molar-refractivity contribution in [3.63, 3.8) is 0 Å². The van der Waals surface area contributed by atoms with E-state index in [9.17, 15) is 0 Å². The van der Waals surface area contributed by atoms with Crippen molar-refractivity contribution in [2.45, 2.75) is 13.3 Å². The summed E-state index contributed by atoms with van der Waals surface area (Å²) in [5, 5.41) is 11.8. The maximum absolute atomic E-state index is 8.65. The van der Waals surface area contributed by atoms with Gasteiger partial charge in [-0.15, -0.1) is 0 Å². The van der Waals surface area contributed by atoms with E-state index in [1.54, 1.807) is 18.3 Å². The summed E-state index contributed by atoms with van der Waals surface area (Å²) < 4.78 is 0. The lowest BCUT2D eigenvalue weighted by atomic mass is 10.3. The molecule has 0 spiro atoms. The minimum absolute atomic E-state index is 0.633. The molecule has 1 heterocycles. The molecule has 0 atom stereocenters. The van der Waals surface area contributed by atoms with Gasteiger partial charge in [-0.25, -0.2) is 4.98 Å². The van der Waals surface area contributed by atoms with Gasteiger partial charge in [0.25, 0.3) is 0 Å². The number of hydrogen-bond donors (Lipinski definition) is 1. The van der Waals surface area contributed by atoms with Crippen LogP contribution in [0.2, 0.25) is 0 Å². The zero-order valence-electron chi connectivity index (χ0n) is 8.20. The Balaban J connectivity index is 2.47. The lowest BCUT2D eigenvalue weighted by molar-refractivity contribution is 1.04. The predicted molar refractivity (Wildman–Crippen MR) is 56.9 cm³/mol. The van der Waals surface area contributed by atoms with Gasteiger partial charge in [0, 0.05) is 12.7 Å². The molecule has 3 nitrogen and oxygen atoms in total. The molecule has 1 N–H and O–H groups in total. The summed E-state index contributed by atoms with van der Waals surface area (Å²) in [4.78, 5) is 4.10. The molecule has 1 aromatic rings. The lowest BCUT2D eigenvalue weighted by Crippen LogP contribution is -2.01. The fraction of sp³-hybridized carbons (Fsp3) is 0.273. The topological polar surface area (TPSA) is 48.7 Å². The summed E-state index contributed by atoms with van der Waals surface area (Å²) in [6, 6.07) is 5.51. The second-order valence-corrected chi connectivity index (χ2v) is 2.83. The fourth-order valence-corrected chi connectivity index (χ4v) is 1.05. The van der Waals surface area contributed by atoms with Crippen molar-refractivity contribution in [2.75, 3.05) is 11.9 Å². The Morgan fingerprint density at radius 3 is 3.21 bits per heavy atom. The molecule has 0 unspecified atom stereocenters. The molecular formula is C11H13N3. The van der Waals surface area contributed by atoms with Crippen molar-refractivity contribution in [3.05, 3.63) is 36.0 Å². The van der Waals surface area contributed by atoms with Crippen LogP contribution in [0.5, 0.6) is 0 Å². The minimum atomic E-state index is 0.633. The molecule has 0 aliphatic carbocycles. The lowest BCUT2D eigenvalue weighted by Gasteiger charge is -2.02. The molecule has 14 heavy (non-hydrogen) atoms. The van der Waals surface area contributed by atoms with Crippen molar-refractivity contribution in [1.82, 2.24) is 4.98 Å². The van der Waals surface area contributed by atoms with E-state index >= 15 is 0 Å². The zero-order valence-corrected chi connectivity index (χ0v) is 8.20. The first kappa shape index (κ1) is 10.3. The van der Waals surface area contributed by atoms with Gasteiger partial charge in [-0.2, -0.15) is 5.26 Å². The van der Waals surface area contributed by atoms with Crippen LogP contribution in [-0.2, 0) is 0 Å². The quantitative estimate of drug-likeness (QED) is 0.581. The number of nitriles is 1. The van der Waals surface area contributed by atoms with Crippen molar-refractivity contribution in [1.29, 1.82) is 5.26 Å². The normalized spacial score (nSPS) is 10.0. The average molecular weight is 187 g/mol. The first-order valence-corrected chi connectivity index (χ1v) is 4.58. The van der Waals surface area contributed by atoms with Crippen molar-refractivity contribution in [2.24, 2.45) is 0 Å². The third kappa shape index (κ3) is 3.28. The van der Waals surface area contributed by atoms with Gasteiger partial charge in [-0.05, 0) is 25.5 Å². The zero-order chi connectivity index (χ0) is 10.2. The predicted octanol–water partition coefficient (Wildman–Crippen LogP) is 2.33. The number of anilines is 1. The van der Waals surface area contributed by atoms with E-state index in [0.717, 1.165) is 18.8 Å². The van der Waals surface area contributed by atoms with Crippen LogP contribution in [-0.4, -0.2) is 11.5 Å². The van der Waals surface area contributed by atoms with Crippen LogP contribution in [0.1, 0.15) is 18.9 Å². The monoisotopic (exact) mass is 187 g/mol. The molecule has 1 aromatic heterocycles. The van der Waals surface area contributed by atoms with E-state index in [2.05, 4.69) is 22.4 Å². The summed E-state index contributed by atoms with van der Waals surface area (Å²) in [6.07, 6.45) is 6.70. The number of hydrogen-bond acceptors (Lipinski definition) is 3. The number of allylic oxidation sites excluding steroid dienone is 1. The molecule has 0 saturated heterocycles. The number of nitrogens with one attached hydrogen (secondary N) is 1. The van der Waals surface area contributed by atoms with E-state index in [1.807, 2.05) is 13.0 Å². The second kappa shape index (κ2) is 5.76. The molecule has 0 aliphatic heterocycles. The fourth-order valence-electron chi connectivity index (χ4n) is 1.05. The molecule has 0 bridgehead atoms. The second-order valence-electron chi connectivity index (χ2n) is 2.83. The third-order valence-electron chi connectivity index (χ3n) is 1.74. The highest BCUT2D eigenvalue weighted by Gasteiger charge is 1.93. The SMILES string of the molecule is C/C=C/CCNc1cc(C#N)ccn1.